The number of rotatable bonds is 26. The Morgan fingerprint density at radius 2 is 0.738 bits per heavy atom. The second-order valence-corrected chi connectivity index (χ2v) is 29.6. The summed E-state index contributed by atoms with van der Waals surface area (Å²) in [6.45, 7) is -6.01. The maximum Gasteiger partial charge on any atom is 0.472 e. The average molecular weight is 1590 g/mol. The van der Waals surface area contributed by atoms with E-state index in [0.29, 0.717) is 4.57 Å². The third-order valence-corrected chi connectivity index (χ3v) is 21.2. The number of H-pyrrole nitrogens is 3. The highest BCUT2D eigenvalue weighted by Crippen LogP contribution is 2.56. The molecular formula is C49H60N22O32P4. The summed E-state index contributed by atoms with van der Waals surface area (Å²) in [6, 6.07) is 0.791. The van der Waals surface area contributed by atoms with E-state index in [1.54, 1.807) is 0 Å². The highest BCUT2D eigenvalue weighted by atomic mass is 31.2. The molecule has 5 aliphatic rings. The lowest BCUT2D eigenvalue weighted by Crippen LogP contribution is -2.39. The zero-order valence-corrected chi connectivity index (χ0v) is 57.1. The summed E-state index contributed by atoms with van der Waals surface area (Å²) in [7, 11) is -23.0. The number of phosphoric ester groups is 4. The fourth-order valence-electron chi connectivity index (χ4n) is 12.4. The molecule has 5 fully saturated rings. The van der Waals surface area contributed by atoms with Crippen LogP contribution in [0.15, 0.2) is 69.4 Å². The number of aliphatic hydroxyl groups excluding tert-OH is 7. The van der Waals surface area contributed by atoms with Crippen molar-refractivity contribution in [1.82, 2.24) is 87.6 Å². The van der Waals surface area contributed by atoms with Crippen LogP contribution < -0.4 is 45.3 Å². The van der Waals surface area contributed by atoms with Gasteiger partial charge in [-0.2, -0.15) is 9.97 Å². The number of hydrogen-bond acceptors (Lipinski definition) is 42. The molecule has 14 rings (SSSR count). The first-order valence-electron chi connectivity index (χ1n) is 30.9. The molecule has 58 heteroatoms. The minimum absolute atomic E-state index is 0.0366. The molecule has 4 unspecified atom stereocenters. The van der Waals surface area contributed by atoms with Crippen molar-refractivity contribution < 1.29 is 133 Å². The molecule has 0 bridgehead atoms. The van der Waals surface area contributed by atoms with Crippen molar-refractivity contribution in [3.05, 3.63) is 91.8 Å². The van der Waals surface area contributed by atoms with Crippen LogP contribution in [0.3, 0.4) is 0 Å². The van der Waals surface area contributed by atoms with Crippen molar-refractivity contribution in [2.45, 2.75) is 123 Å². The lowest BCUT2D eigenvalue weighted by molar-refractivity contribution is -0.0648. The van der Waals surface area contributed by atoms with Gasteiger partial charge in [-0.1, -0.05) is 0 Å². The van der Waals surface area contributed by atoms with Crippen LogP contribution in [-0.4, -0.2) is 268 Å². The number of hydrogen-bond donors (Lipinski definition) is 18. The summed E-state index contributed by atoms with van der Waals surface area (Å²) in [6.07, 6.45) is -32.3. The van der Waals surface area contributed by atoms with E-state index in [1.807, 2.05) is 4.98 Å². The molecule has 22 N–H and O–H groups in total. The van der Waals surface area contributed by atoms with E-state index in [0.717, 1.165) is 57.6 Å². The first-order valence-corrected chi connectivity index (χ1v) is 36.9. The van der Waals surface area contributed by atoms with Gasteiger partial charge in [-0.3, -0.25) is 88.4 Å². The van der Waals surface area contributed by atoms with Crippen LogP contribution >= 0.6 is 31.3 Å². The smallest absolute Gasteiger partial charge is 0.394 e. The van der Waals surface area contributed by atoms with E-state index in [2.05, 4.69) is 59.8 Å². The molecule has 0 amide bonds. The van der Waals surface area contributed by atoms with Crippen molar-refractivity contribution in [3.63, 3.8) is 0 Å². The van der Waals surface area contributed by atoms with E-state index in [4.69, 9.17) is 82.8 Å². The number of nitrogens with one attached hydrogen (secondary N) is 3. The average Bonchev–Trinajstić information content (AvgIpc) is 1.63. The first-order chi connectivity index (χ1) is 50.7. The summed E-state index contributed by atoms with van der Waals surface area (Å²) in [5, 5.41) is 79.3. The van der Waals surface area contributed by atoms with Crippen LogP contribution in [0, 0.1) is 0 Å². The number of nitrogens with zero attached hydrogens (tertiary/aromatic N) is 15. The van der Waals surface area contributed by atoms with Gasteiger partial charge in [0.2, 0.25) is 11.9 Å². The monoisotopic (exact) mass is 1590 g/mol. The number of fused-ring (bicyclic) bond motifs is 4. The molecule has 24 atom stereocenters. The maximum absolute atomic E-state index is 14.4. The number of aromatic amines is 3. The Labute approximate surface area is 589 Å². The summed E-state index contributed by atoms with van der Waals surface area (Å²) < 4.78 is 133. The molecule has 0 spiro atoms. The third kappa shape index (κ3) is 14.7. The van der Waals surface area contributed by atoms with Gasteiger partial charge in [0.1, 0.15) is 115 Å². The fraction of sp³-hybridized carbons (Fsp3) is 0.510. The van der Waals surface area contributed by atoms with E-state index in [1.165, 1.54) is 10.9 Å². The van der Waals surface area contributed by atoms with Gasteiger partial charge in [0.05, 0.1) is 58.3 Å². The van der Waals surface area contributed by atoms with Crippen LogP contribution in [0.1, 0.15) is 31.1 Å². The largest absolute Gasteiger partial charge is 0.472 e. The second kappa shape index (κ2) is 28.9. The van der Waals surface area contributed by atoms with Gasteiger partial charge in [-0.15, -0.1) is 0 Å². The van der Waals surface area contributed by atoms with Gasteiger partial charge in [-0.05, 0) is 0 Å². The van der Waals surface area contributed by atoms with Gasteiger partial charge < -0.3 is 102 Å². The topological polar surface area (TPSA) is 784 Å². The number of nitrogen functional groups attached to an aromatic ring is 4. The van der Waals surface area contributed by atoms with Gasteiger partial charge in [0.25, 0.3) is 16.7 Å². The molecule has 5 saturated heterocycles. The molecular weight excluding hydrogens is 1530 g/mol. The van der Waals surface area contributed by atoms with E-state index >= 15 is 0 Å². The Balaban J connectivity index is 0.692. The van der Waals surface area contributed by atoms with Gasteiger partial charge in [0.15, 0.2) is 76.4 Å². The number of ether oxygens (including phenoxy) is 5. The van der Waals surface area contributed by atoms with Crippen LogP contribution in [0.25, 0.3) is 44.7 Å². The van der Waals surface area contributed by atoms with E-state index in [-0.39, 0.29) is 51.1 Å². The highest BCUT2D eigenvalue weighted by molar-refractivity contribution is 7.48. The normalized spacial score (nSPS) is 32.0. The standard InChI is InChI=1S/C49H60N22O32P4/c50-34-20-36(56-8-54-34)68(10-58-20)42-25(75)24(74)15(96-42)4-91-104(83,84)102-32-17(98-44(28(32)78)69-11-59-21-35(51)55-9-57-37(21)69)6-93-107(89,90)103-33-18(99-46(29(33)79)71-13-61-23-39(71)64-48(53)66-41(23)81)7-94-106(87,88)101-31-16(97-43(27(31)77)67-2-1-19(73)62-49(67)82)5-92-105(85,86)100-30-14(3-72)95-45(26(30)76)70-12-60-22-38(70)63-47(52)65-40(22)80/h1-2,8-18,24-33,42-46,72,74-79H,3-7H2,(H,83,84)(H,85,86)(H,87,88)(H,89,90)(H2,50,54,56)(H2,51,55,57)(H,62,73,82)(H3,52,63,65,80)(H3,53,64,66,81)/t14-,15-,16-,17-,18-,24-,25-,26-,27-,28-,29-,30-,31-,32-,33-,42-,43-,44-,45-,46-/m1/s1. The summed E-state index contributed by atoms with van der Waals surface area (Å²) in [5.41, 5.74) is 18.2. The van der Waals surface area contributed by atoms with Crippen LogP contribution in [-0.2, 0) is 78.1 Å². The second-order valence-electron chi connectivity index (χ2n) is 24.0. The van der Waals surface area contributed by atoms with E-state index in [9.17, 15) is 92.8 Å². The Morgan fingerprint density at radius 3 is 1.12 bits per heavy atom. The van der Waals surface area contributed by atoms with Crippen molar-refractivity contribution in [2.24, 2.45) is 0 Å². The molecule has 54 nitrogen and oxygen atoms in total. The van der Waals surface area contributed by atoms with Crippen LogP contribution in [0.4, 0.5) is 23.5 Å². The maximum atomic E-state index is 14.4. The number of anilines is 4. The van der Waals surface area contributed by atoms with Gasteiger partial charge >= 0.3 is 37.0 Å². The minimum Gasteiger partial charge on any atom is -0.394 e. The fourth-order valence-corrected chi connectivity index (χ4v) is 16.2. The highest BCUT2D eigenvalue weighted by Gasteiger charge is 2.56. The summed E-state index contributed by atoms with van der Waals surface area (Å²) in [5.74, 6) is -1.07. The number of aromatic nitrogens is 18. The van der Waals surface area contributed by atoms with Crippen LogP contribution in [0.5, 0.6) is 0 Å². The Bertz CT molecular complexity index is 5310. The van der Waals surface area contributed by atoms with Crippen LogP contribution in [0.2, 0.25) is 0 Å². The lowest BCUT2D eigenvalue weighted by Gasteiger charge is -2.27. The number of nitrogens with two attached hydrogens (primary N) is 4. The molecule has 14 heterocycles. The molecule has 0 saturated carbocycles. The zero-order chi connectivity index (χ0) is 76.2. The Morgan fingerprint density at radius 1 is 0.411 bits per heavy atom. The third-order valence-electron chi connectivity index (χ3n) is 17.3. The number of aliphatic hydroxyl groups is 7. The van der Waals surface area contributed by atoms with Crippen molar-refractivity contribution in [1.29, 1.82) is 0 Å². The number of phosphoric acid groups is 4. The van der Waals surface area contributed by atoms with Gasteiger partial charge in [0, 0.05) is 12.3 Å². The molecule has 9 aromatic rings. The molecule has 5 aliphatic heterocycles. The Hall–Kier alpha value is -8.36. The first kappa shape index (κ1) is 75.5. The molecule has 578 valence electrons. The molecule has 0 radical (unpaired) electrons. The van der Waals surface area contributed by atoms with Gasteiger partial charge in [-0.25, -0.2) is 62.9 Å². The summed E-state index contributed by atoms with van der Waals surface area (Å²) in [4.78, 5) is 142. The molecule has 9 aromatic heterocycles. The molecule has 107 heavy (non-hydrogen) atoms. The van der Waals surface area contributed by atoms with Crippen molar-refractivity contribution >= 4 is 99.5 Å². The molecule has 0 aromatic carbocycles. The predicted octanol–water partition coefficient (Wildman–Crippen LogP) is -7.53. The Kier molecular flexibility index (Phi) is 20.4. The summed E-state index contributed by atoms with van der Waals surface area (Å²) >= 11 is 0. The zero-order valence-electron chi connectivity index (χ0n) is 53.5. The van der Waals surface area contributed by atoms with Crippen molar-refractivity contribution in [3.8, 4) is 0 Å². The quantitative estimate of drug-likeness (QED) is 0.0224. The molecule has 0 aliphatic carbocycles. The number of imidazole rings is 4. The predicted molar refractivity (Wildman–Crippen MR) is 341 cm³/mol. The minimum atomic E-state index is -5.91. The SMILES string of the molecule is Nc1nc2c(ncn2[C@@H]2O[C@H](CO)[C@@H](OP(=O)(O)OC[C@H]3O[C@@H](n4ccc(=O)[nH]c4=O)[C@H](O)[C@@H]3OP(=O)(O)OC[C@H]3O[C@@H](n4cnc5c(=O)[nH]c(N)nc54)[C@H](O)[C@@H]3OP(=O)(O)OC[C@H]3O[C@@H](n4cnc5c(N)ncnc54)[C@H](O)[C@@H]3OP(=O)(O)OC[C@H]3O[C@@H](n4cnc5c(N)ncnc54)[C@H](O)[C@@H]3O)[C@H]2O)c(=O)[nH]1. The van der Waals surface area contributed by atoms with E-state index < -0.39 is 227 Å². The lowest BCUT2D eigenvalue weighted by atomic mass is 10.1. The van der Waals surface area contributed by atoms with Crippen molar-refractivity contribution in [2.75, 3.05) is 56.0 Å².